The van der Waals surface area contributed by atoms with Gasteiger partial charge in [-0.3, -0.25) is 0 Å². The number of rotatable bonds is 6. The fourth-order valence-electron chi connectivity index (χ4n) is 2.53. The molecule has 1 heterocycles. The van der Waals surface area contributed by atoms with Crippen molar-refractivity contribution in [3.05, 3.63) is 23.8 Å². The minimum Gasteiger partial charge on any atom is -0.478 e. The largest absolute Gasteiger partial charge is 0.478 e. The van der Waals surface area contributed by atoms with Crippen LogP contribution in [0, 0.1) is 0 Å². The summed E-state index contributed by atoms with van der Waals surface area (Å²) in [6.45, 7) is 1.11. The van der Waals surface area contributed by atoms with Crippen LogP contribution in [0.2, 0.25) is 0 Å². The van der Waals surface area contributed by atoms with Gasteiger partial charge in [-0.15, -0.1) is 0 Å². The minimum absolute atomic E-state index is 0.0197. The number of aromatic carboxylic acids is 1. The lowest BCUT2D eigenvalue weighted by molar-refractivity contribution is 0.0697. The van der Waals surface area contributed by atoms with Crippen molar-refractivity contribution < 1.29 is 23.4 Å². The molecule has 0 aliphatic carbocycles. The Balaban J connectivity index is 2.36. The van der Waals surface area contributed by atoms with E-state index in [1.54, 1.807) is 6.07 Å². The van der Waals surface area contributed by atoms with Crippen LogP contribution in [-0.2, 0) is 10.0 Å². The van der Waals surface area contributed by atoms with Crippen molar-refractivity contribution in [2.45, 2.75) is 24.2 Å². The van der Waals surface area contributed by atoms with Crippen LogP contribution >= 0.6 is 0 Å². The zero-order chi connectivity index (χ0) is 16.2. The first-order valence-corrected chi connectivity index (χ1v) is 8.67. The fourth-order valence-corrected chi connectivity index (χ4v) is 3.57. The van der Waals surface area contributed by atoms with E-state index in [1.807, 2.05) is 4.90 Å². The van der Waals surface area contributed by atoms with Gasteiger partial charge in [0.05, 0.1) is 22.8 Å². The molecule has 0 spiro atoms. The van der Waals surface area contributed by atoms with Gasteiger partial charge in [-0.2, -0.15) is 0 Å². The Morgan fingerprint density at radius 3 is 2.50 bits per heavy atom. The van der Waals surface area contributed by atoms with Gasteiger partial charge in [0.15, 0.2) is 0 Å². The number of aliphatic hydroxyl groups is 1. The Hall–Kier alpha value is -1.64. The Kier molecular flexibility index (Phi) is 5.38. The second-order valence-electron chi connectivity index (χ2n) is 5.15. The van der Waals surface area contributed by atoms with Crippen LogP contribution in [0.3, 0.4) is 0 Å². The number of benzene rings is 1. The normalized spacial score (nSPS) is 15.8. The second-order valence-corrected chi connectivity index (χ2v) is 6.92. The number of carbonyl (C=O) groups is 1. The summed E-state index contributed by atoms with van der Waals surface area (Å²) in [7, 11) is -3.82. The number of hydrogen-bond donors (Lipinski definition) is 3. The second kappa shape index (κ2) is 7.08. The van der Waals surface area contributed by atoms with E-state index in [2.05, 4.69) is 4.72 Å². The van der Waals surface area contributed by atoms with Crippen molar-refractivity contribution in [3.63, 3.8) is 0 Å². The Morgan fingerprint density at radius 2 is 1.91 bits per heavy atom. The average molecular weight is 328 g/mol. The highest BCUT2D eigenvalue weighted by molar-refractivity contribution is 7.89. The lowest BCUT2D eigenvalue weighted by Crippen LogP contribution is -2.31. The molecule has 1 aliphatic heterocycles. The molecule has 3 N–H and O–H groups in total. The highest BCUT2D eigenvalue weighted by Gasteiger charge is 2.22. The molecule has 1 aromatic rings. The monoisotopic (exact) mass is 328 g/mol. The third-order valence-corrected chi connectivity index (χ3v) is 5.07. The Morgan fingerprint density at radius 1 is 1.23 bits per heavy atom. The van der Waals surface area contributed by atoms with Crippen molar-refractivity contribution >= 4 is 21.7 Å². The lowest BCUT2D eigenvalue weighted by Gasteiger charge is -2.30. The molecule has 1 aromatic carbocycles. The summed E-state index contributed by atoms with van der Waals surface area (Å²) in [5, 5.41) is 18.1. The molecule has 122 valence electrons. The van der Waals surface area contributed by atoms with Crippen molar-refractivity contribution in [1.29, 1.82) is 0 Å². The highest BCUT2D eigenvalue weighted by Crippen LogP contribution is 2.27. The van der Waals surface area contributed by atoms with Crippen LogP contribution < -0.4 is 9.62 Å². The lowest BCUT2D eigenvalue weighted by atomic mass is 10.1. The van der Waals surface area contributed by atoms with Crippen molar-refractivity contribution in [2.24, 2.45) is 0 Å². The molecular weight excluding hydrogens is 308 g/mol. The van der Waals surface area contributed by atoms with Gasteiger partial charge in [0.1, 0.15) is 0 Å². The molecule has 0 amide bonds. The summed E-state index contributed by atoms with van der Waals surface area (Å²) >= 11 is 0. The molecule has 0 radical (unpaired) electrons. The van der Waals surface area contributed by atoms with Gasteiger partial charge in [-0.05, 0) is 37.5 Å². The number of aliphatic hydroxyl groups excluding tert-OH is 1. The van der Waals surface area contributed by atoms with Gasteiger partial charge >= 0.3 is 5.97 Å². The van der Waals surface area contributed by atoms with Crippen molar-refractivity contribution in [1.82, 2.24) is 4.72 Å². The van der Waals surface area contributed by atoms with E-state index >= 15 is 0 Å². The van der Waals surface area contributed by atoms with Gasteiger partial charge < -0.3 is 15.1 Å². The third kappa shape index (κ3) is 3.76. The van der Waals surface area contributed by atoms with E-state index in [-0.39, 0.29) is 23.6 Å². The molecule has 0 atom stereocenters. The quantitative estimate of drug-likeness (QED) is 0.708. The maximum atomic E-state index is 12.0. The first kappa shape index (κ1) is 16.7. The van der Waals surface area contributed by atoms with Crippen LogP contribution in [0.15, 0.2) is 23.1 Å². The van der Waals surface area contributed by atoms with Crippen molar-refractivity contribution in [3.8, 4) is 0 Å². The van der Waals surface area contributed by atoms with Gasteiger partial charge in [-0.25, -0.2) is 17.9 Å². The molecule has 0 aromatic heterocycles. The van der Waals surface area contributed by atoms with E-state index in [1.165, 1.54) is 12.1 Å². The molecule has 2 rings (SSSR count). The van der Waals surface area contributed by atoms with Gasteiger partial charge in [0, 0.05) is 19.6 Å². The number of nitrogens with one attached hydrogen (secondary N) is 1. The van der Waals surface area contributed by atoms with Crippen LogP contribution in [0.4, 0.5) is 5.69 Å². The molecule has 1 saturated heterocycles. The fraction of sp³-hybridized carbons (Fsp3) is 0.500. The third-order valence-electron chi connectivity index (χ3n) is 3.61. The van der Waals surface area contributed by atoms with E-state index < -0.39 is 16.0 Å². The Bertz CT molecular complexity index is 639. The topological polar surface area (TPSA) is 107 Å². The molecule has 22 heavy (non-hydrogen) atoms. The first-order valence-electron chi connectivity index (χ1n) is 7.18. The van der Waals surface area contributed by atoms with E-state index in [0.29, 0.717) is 5.69 Å². The molecule has 1 aliphatic rings. The predicted octanol–water partition coefficient (Wildman–Crippen LogP) is 0.646. The Labute approximate surface area is 129 Å². The predicted molar refractivity (Wildman–Crippen MR) is 81.7 cm³/mol. The molecule has 0 unspecified atom stereocenters. The summed E-state index contributed by atoms with van der Waals surface area (Å²) in [6.07, 6.45) is 3.12. The first-order chi connectivity index (χ1) is 10.5. The highest BCUT2D eigenvalue weighted by atomic mass is 32.2. The van der Waals surface area contributed by atoms with Crippen LogP contribution in [0.1, 0.15) is 29.6 Å². The standard InChI is InChI=1S/C14H20N2O5S/c17-9-6-15-22(20,21)11-4-5-13(12(10-11)14(18)19)16-7-2-1-3-8-16/h4-5,10,15,17H,1-3,6-9H2,(H,18,19). The van der Waals surface area contributed by atoms with Gasteiger partial charge in [0.2, 0.25) is 10.0 Å². The van der Waals surface area contributed by atoms with E-state index in [4.69, 9.17) is 5.11 Å². The van der Waals surface area contributed by atoms with E-state index in [9.17, 15) is 18.3 Å². The summed E-state index contributed by atoms with van der Waals surface area (Å²) in [6, 6.07) is 4.12. The zero-order valence-corrected chi connectivity index (χ0v) is 13.0. The number of piperidine rings is 1. The number of anilines is 1. The van der Waals surface area contributed by atoms with Crippen molar-refractivity contribution in [2.75, 3.05) is 31.1 Å². The smallest absolute Gasteiger partial charge is 0.337 e. The summed E-state index contributed by atoms with van der Waals surface area (Å²) in [4.78, 5) is 13.3. The molecule has 0 bridgehead atoms. The summed E-state index contributed by atoms with van der Waals surface area (Å²) in [5.41, 5.74) is 0.530. The maximum Gasteiger partial charge on any atom is 0.337 e. The van der Waals surface area contributed by atoms with Gasteiger partial charge in [0.25, 0.3) is 0 Å². The van der Waals surface area contributed by atoms with Crippen LogP contribution in [0.5, 0.6) is 0 Å². The number of carboxylic acid groups (broad SMARTS) is 1. The van der Waals surface area contributed by atoms with Gasteiger partial charge in [-0.1, -0.05) is 0 Å². The molecule has 1 fully saturated rings. The summed E-state index contributed by atoms with van der Waals surface area (Å²) < 4.78 is 26.3. The molecule has 0 saturated carbocycles. The van der Waals surface area contributed by atoms with Crippen LogP contribution in [0.25, 0.3) is 0 Å². The number of carboxylic acids is 1. The maximum absolute atomic E-state index is 12.0. The SMILES string of the molecule is O=C(O)c1cc(S(=O)(=O)NCCO)ccc1N1CCCCC1. The zero-order valence-electron chi connectivity index (χ0n) is 12.2. The number of nitrogens with zero attached hydrogens (tertiary/aromatic N) is 1. The van der Waals surface area contributed by atoms with Crippen LogP contribution in [-0.4, -0.2) is 50.8 Å². The summed E-state index contributed by atoms with van der Waals surface area (Å²) in [5.74, 6) is -1.15. The molecule has 8 heteroatoms. The number of hydrogen-bond acceptors (Lipinski definition) is 5. The molecule has 7 nitrogen and oxygen atoms in total. The minimum atomic E-state index is -3.82. The number of sulfonamides is 1. The average Bonchev–Trinajstić information content (AvgIpc) is 2.53. The molecular formula is C14H20N2O5S. The van der Waals surface area contributed by atoms with E-state index in [0.717, 1.165) is 32.4 Å².